The second-order valence-electron chi connectivity index (χ2n) is 4.27. The van der Waals surface area contributed by atoms with Crippen LogP contribution in [-0.4, -0.2) is 22.2 Å². The molecule has 0 bridgehead atoms. The summed E-state index contributed by atoms with van der Waals surface area (Å²) in [6, 6.07) is 7.81. The second-order valence-corrected chi connectivity index (χ2v) is 4.27. The molecule has 0 saturated carbocycles. The van der Waals surface area contributed by atoms with Crippen LogP contribution in [0.15, 0.2) is 30.5 Å². The summed E-state index contributed by atoms with van der Waals surface area (Å²) >= 11 is 0. The third kappa shape index (κ3) is 1.69. The molecule has 2 heterocycles. The van der Waals surface area contributed by atoms with E-state index in [-0.39, 0.29) is 5.91 Å². The van der Waals surface area contributed by atoms with Crippen LogP contribution in [0.1, 0.15) is 21.6 Å². The van der Waals surface area contributed by atoms with Crippen LogP contribution in [0.2, 0.25) is 0 Å². The van der Waals surface area contributed by atoms with Gasteiger partial charge < -0.3 is 11.1 Å². The number of rotatable bonds is 2. The first-order chi connectivity index (χ1) is 8.79. The fraction of sp³-hybridized carbons (Fsp3) is 0.231. The molecule has 0 saturated heterocycles. The molecule has 3 N–H and O–H groups in total. The molecule has 92 valence electrons. The van der Waals surface area contributed by atoms with E-state index in [1.807, 2.05) is 24.3 Å². The summed E-state index contributed by atoms with van der Waals surface area (Å²) < 4.78 is 1.75. The lowest BCUT2D eigenvalue weighted by Crippen LogP contribution is -2.31. The van der Waals surface area contributed by atoms with E-state index in [4.69, 9.17) is 5.73 Å². The fourth-order valence-corrected chi connectivity index (χ4v) is 2.20. The van der Waals surface area contributed by atoms with Gasteiger partial charge >= 0.3 is 0 Å². The van der Waals surface area contributed by atoms with Gasteiger partial charge in [-0.2, -0.15) is 5.10 Å². The van der Waals surface area contributed by atoms with Gasteiger partial charge in [0.25, 0.3) is 5.91 Å². The monoisotopic (exact) mass is 242 g/mol. The van der Waals surface area contributed by atoms with Gasteiger partial charge in [0.1, 0.15) is 0 Å². The molecule has 0 fully saturated rings. The smallest absolute Gasteiger partial charge is 0.254 e. The largest absolute Gasteiger partial charge is 0.352 e. The first-order valence-corrected chi connectivity index (χ1v) is 5.94. The first-order valence-electron chi connectivity index (χ1n) is 5.94. The number of para-hydroxylation sites is 1. The van der Waals surface area contributed by atoms with Gasteiger partial charge in [-0.25, -0.2) is 4.68 Å². The number of hydrogen-bond donors (Lipinski definition) is 2. The highest BCUT2D eigenvalue weighted by Crippen LogP contribution is 2.18. The van der Waals surface area contributed by atoms with Crippen LogP contribution in [0, 0.1) is 0 Å². The van der Waals surface area contributed by atoms with Crippen molar-refractivity contribution >= 4 is 5.91 Å². The van der Waals surface area contributed by atoms with E-state index in [2.05, 4.69) is 10.4 Å². The van der Waals surface area contributed by atoms with E-state index in [0.29, 0.717) is 18.7 Å². The van der Waals surface area contributed by atoms with Crippen molar-refractivity contribution in [3.05, 3.63) is 47.3 Å². The summed E-state index contributed by atoms with van der Waals surface area (Å²) in [6.45, 7) is 1.11. The van der Waals surface area contributed by atoms with Gasteiger partial charge in [0.2, 0.25) is 0 Å². The summed E-state index contributed by atoms with van der Waals surface area (Å²) in [5.74, 6) is -0.0484. The lowest BCUT2D eigenvalue weighted by atomic mass is 10.1. The van der Waals surface area contributed by atoms with E-state index in [1.54, 1.807) is 10.9 Å². The minimum atomic E-state index is -0.0484. The van der Waals surface area contributed by atoms with Crippen molar-refractivity contribution in [2.75, 3.05) is 6.54 Å². The third-order valence-electron chi connectivity index (χ3n) is 3.14. The zero-order chi connectivity index (χ0) is 12.5. The van der Waals surface area contributed by atoms with Gasteiger partial charge in [-0.1, -0.05) is 18.2 Å². The van der Waals surface area contributed by atoms with Crippen molar-refractivity contribution in [2.24, 2.45) is 5.73 Å². The molecule has 1 amide bonds. The lowest BCUT2D eigenvalue weighted by molar-refractivity contribution is 0.0946. The molecule has 18 heavy (non-hydrogen) atoms. The molecule has 5 nitrogen and oxygen atoms in total. The number of nitrogens with two attached hydrogens (primary N) is 1. The maximum absolute atomic E-state index is 11.7. The number of nitrogens with zero attached hydrogens (tertiary/aromatic N) is 2. The second kappa shape index (κ2) is 4.27. The van der Waals surface area contributed by atoms with E-state index < -0.39 is 0 Å². The summed E-state index contributed by atoms with van der Waals surface area (Å²) in [5.41, 5.74) is 9.17. The van der Waals surface area contributed by atoms with Crippen LogP contribution in [0.25, 0.3) is 5.69 Å². The molecule has 0 unspecified atom stereocenters. The molecule has 0 atom stereocenters. The van der Waals surface area contributed by atoms with Gasteiger partial charge in [-0.05, 0) is 11.6 Å². The quantitative estimate of drug-likeness (QED) is 0.810. The maximum atomic E-state index is 11.7. The Labute approximate surface area is 105 Å². The van der Waals surface area contributed by atoms with E-state index in [9.17, 15) is 4.79 Å². The van der Waals surface area contributed by atoms with Crippen molar-refractivity contribution in [1.82, 2.24) is 15.1 Å². The third-order valence-corrected chi connectivity index (χ3v) is 3.14. The molecule has 1 aliphatic heterocycles. The number of aromatic nitrogens is 2. The number of amides is 1. The number of hydrogen-bond acceptors (Lipinski definition) is 3. The zero-order valence-electron chi connectivity index (χ0n) is 9.89. The molecule has 0 spiro atoms. The van der Waals surface area contributed by atoms with Crippen molar-refractivity contribution in [1.29, 1.82) is 0 Å². The minimum absolute atomic E-state index is 0.0484. The molecule has 0 aliphatic carbocycles. The summed E-state index contributed by atoms with van der Waals surface area (Å²) in [4.78, 5) is 11.7. The number of fused-ring (bicyclic) bond motifs is 1. The molecule has 1 aliphatic rings. The van der Waals surface area contributed by atoms with E-state index >= 15 is 0 Å². The molecule has 1 aromatic heterocycles. The number of benzene rings is 1. The molecule has 5 heteroatoms. The van der Waals surface area contributed by atoms with Crippen LogP contribution in [0.3, 0.4) is 0 Å². The van der Waals surface area contributed by atoms with Crippen LogP contribution in [0.5, 0.6) is 0 Å². The number of nitrogens with one attached hydrogen (secondary N) is 1. The molecular weight excluding hydrogens is 228 g/mol. The number of carbonyl (C=O) groups is 1. The standard InChI is InChI=1S/C13H14N4O/c14-7-9-3-1-2-4-12(9)17-8-10-11(16-17)5-6-15-13(10)18/h1-4,8H,5-7,14H2,(H,15,18). The maximum Gasteiger partial charge on any atom is 0.254 e. The predicted molar refractivity (Wildman–Crippen MR) is 67.5 cm³/mol. The molecule has 0 radical (unpaired) electrons. The van der Waals surface area contributed by atoms with Crippen molar-refractivity contribution in [3.8, 4) is 5.69 Å². The van der Waals surface area contributed by atoms with Crippen molar-refractivity contribution < 1.29 is 4.79 Å². The van der Waals surface area contributed by atoms with Gasteiger partial charge in [0, 0.05) is 25.7 Å². The minimum Gasteiger partial charge on any atom is -0.352 e. The van der Waals surface area contributed by atoms with Crippen LogP contribution in [0.4, 0.5) is 0 Å². The van der Waals surface area contributed by atoms with Gasteiger partial charge in [0.05, 0.1) is 16.9 Å². The van der Waals surface area contributed by atoms with E-state index in [0.717, 1.165) is 23.4 Å². The van der Waals surface area contributed by atoms with E-state index in [1.165, 1.54) is 0 Å². The Morgan fingerprint density at radius 1 is 1.39 bits per heavy atom. The topological polar surface area (TPSA) is 72.9 Å². The SMILES string of the molecule is NCc1ccccc1-n1cc2c(n1)CCNC2=O. The number of carbonyl (C=O) groups excluding carboxylic acids is 1. The molecule has 3 rings (SSSR count). The van der Waals surface area contributed by atoms with Crippen molar-refractivity contribution in [2.45, 2.75) is 13.0 Å². The van der Waals surface area contributed by atoms with Gasteiger partial charge in [-0.15, -0.1) is 0 Å². The zero-order valence-corrected chi connectivity index (χ0v) is 9.89. The van der Waals surface area contributed by atoms with Gasteiger partial charge in [-0.3, -0.25) is 4.79 Å². The first kappa shape index (κ1) is 11.0. The van der Waals surface area contributed by atoms with Crippen LogP contribution in [-0.2, 0) is 13.0 Å². The Morgan fingerprint density at radius 2 is 2.22 bits per heavy atom. The highest BCUT2D eigenvalue weighted by Gasteiger charge is 2.21. The Hall–Kier alpha value is -2.14. The highest BCUT2D eigenvalue weighted by molar-refractivity contribution is 5.96. The van der Waals surface area contributed by atoms with Crippen molar-refractivity contribution in [3.63, 3.8) is 0 Å². The van der Waals surface area contributed by atoms with Crippen LogP contribution >= 0.6 is 0 Å². The van der Waals surface area contributed by atoms with Crippen LogP contribution < -0.4 is 11.1 Å². The fourth-order valence-electron chi connectivity index (χ4n) is 2.20. The Balaban J connectivity index is 2.10. The predicted octanol–water partition coefficient (Wildman–Crippen LogP) is 0.617. The average Bonchev–Trinajstić information content (AvgIpc) is 2.84. The highest BCUT2D eigenvalue weighted by atomic mass is 16.1. The Bertz CT molecular complexity index is 603. The Morgan fingerprint density at radius 3 is 3.00 bits per heavy atom. The molecule has 2 aromatic rings. The Kier molecular flexibility index (Phi) is 2.60. The summed E-state index contributed by atoms with van der Waals surface area (Å²) in [6.07, 6.45) is 2.55. The molecular formula is C13H14N4O. The van der Waals surface area contributed by atoms with Gasteiger partial charge in [0.15, 0.2) is 0 Å². The average molecular weight is 242 g/mol. The lowest BCUT2D eigenvalue weighted by Gasteiger charge is -2.09. The molecule has 1 aromatic carbocycles. The summed E-state index contributed by atoms with van der Waals surface area (Å²) in [7, 11) is 0. The summed E-state index contributed by atoms with van der Waals surface area (Å²) in [5, 5.41) is 7.29. The normalized spacial score (nSPS) is 14.2.